The number of aliphatic hydroxyl groups is 1. The van der Waals surface area contributed by atoms with Gasteiger partial charge in [0.05, 0.1) is 19.1 Å². The minimum atomic E-state index is -0.469. The molecule has 4 aliphatic rings. The Morgan fingerprint density at radius 3 is 2.61 bits per heavy atom. The molecule has 7 nitrogen and oxygen atoms in total. The molecular formula is C24H32N2O5. The first-order chi connectivity index (χ1) is 15.1. The SMILES string of the molecule is O=C(CC1CC1)Nc1ccc2c(c1)[C@@H]1C[C@H](CC(=O)NC3CCCC3)O[C@@H](CO)[C@@H]1O2. The molecule has 2 saturated carbocycles. The summed E-state index contributed by atoms with van der Waals surface area (Å²) in [5, 5.41) is 16.0. The summed E-state index contributed by atoms with van der Waals surface area (Å²) in [6, 6.07) is 6.02. The number of hydrogen-bond donors (Lipinski definition) is 3. The van der Waals surface area contributed by atoms with Crippen molar-refractivity contribution >= 4 is 17.5 Å². The summed E-state index contributed by atoms with van der Waals surface area (Å²) in [4.78, 5) is 24.8. The van der Waals surface area contributed by atoms with Crippen LogP contribution in [0.2, 0.25) is 0 Å². The Kier molecular flexibility index (Phi) is 5.89. The third-order valence-corrected chi connectivity index (χ3v) is 7.09. The van der Waals surface area contributed by atoms with Gasteiger partial charge in [0.25, 0.3) is 0 Å². The number of carbonyl (C=O) groups excluding carboxylic acids is 2. The number of hydrogen-bond acceptors (Lipinski definition) is 5. The van der Waals surface area contributed by atoms with Crippen molar-refractivity contribution < 1.29 is 24.2 Å². The van der Waals surface area contributed by atoms with E-state index in [-0.39, 0.29) is 42.6 Å². The molecule has 168 valence electrons. The van der Waals surface area contributed by atoms with Crippen molar-refractivity contribution in [2.45, 2.75) is 88.1 Å². The molecule has 2 aliphatic heterocycles. The number of amides is 2. The van der Waals surface area contributed by atoms with Crippen molar-refractivity contribution in [1.29, 1.82) is 0 Å². The molecule has 1 aromatic carbocycles. The van der Waals surface area contributed by atoms with Crippen molar-refractivity contribution in [3.8, 4) is 5.75 Å². The summed E-state index contributed by atoms with van der Waals surface area (Å²) in [6.45, 7) is -0.152. The minimum absolute atomic E-state index is 0.0206. The summed E-state index contributed by atoms with van der Waals surface area (Å²) < 4.78 is 12.2. The highest BCUT2D eigenvalue weighted by Gasteiger charge is 2.46. The first kappa shape index (κ1) is 20.8. The van der Waals surface area contributed by atoms with Crippen LogP contribution in [0.25, 0.3) is 0 Å². The first-order valence-electron chi connectivity index (χ1n) is 11.7. The van der Waals surface area contributed by atoms with E-state index >= 15 is 0 Å². The lowest BCUT2D eigenvalue weighted by Crippen LogP contribution is -2.47. The smallest absolute Gasteiger partial charge is 0.224 e. The Balaban J connectivity index is 1.26. The van der Waals surface area contributed by atoms with E-state index in [2.05, 4.69) is 10.6 Å². The number of aliphatic hydroxyl groups excluding tert-OH is 1. The molecule has 2 amide bonds. The van der Waals surface area contributed by atoms with Crippen LogP contribution < -0.4 is 15.4 Å². The van der Waals surface area contributed by atoms with E-state index in [0.717, 1.165) is 42.7 Å². The largest absolute Gasteiger partial charge is 0.487 e. The van der Waals surface area contributed by atoms with Crippen LogP contribution in [0.5, 0.6) is 5.75 Å². The second-order valence-electron chi connectivity index (χ2n) is 9.61. The molecular weight excluding hydrogens is 396 g/mol. The lowest BCUT2D eigenvalue weighted by Gasteiger charge is -2.37. The first-order valence-corrected chi connectivity index (χ1v) is 11.7. The van der Waals surface area contributed by atoms with E-state index in [9.17, 15) is 14.7 Å². The minimum Gasteiger partial charge on any atom is -0.487 e. The van der Waals surface area contributed by atoms with Gasteiger partial charge in [0, 0.05) is 29.6 Å². The van der Waals surface area contributed by atoms with E-state index in [0.29, 0.717) is 25.2 Å². The van der Waals surface area contributed by atoms with E-state index in [1.165, 1.54) is 12.8 Å². The molecule has 3 fully saturated rings. The van der Waals surface area contributed by atoms with Crippen LogP contribution in [0.1, 0.15) is 69.3 Å². The molecule has 4 atom stereocenters. The molecule has 0 aromatic heterocycles. The predicted octanol–water partition coefficient (Wildman–Crippen LogP) is 2.87. The van der Waals surface area contributed by atoms with Gasteiger partial charge >= 0.3 is 0 Å². The van der Waals surface area contributed by atoms with E-state index in [1.807, 2.05) is 18.2 Å². The fraction of sp³-hybridized carbons (Fsp3) is 0.667. The highest BCUT2D eigenvalue weighted by atomic mass is 16.6. The molecule has 7 heteroatoms. The van der Waals surface area contributed by atoms with Gasteiger partial charge in [0.1, 0.15) is 18.0 Å². The lowest BCUT2D eigenvalue weighted by atomic mass is 9.84. The van der Waals surface area contributed by atoms with Crippen molar-refractivity contribution in [3.63, 3.8) is 0 Å². The van der Waals surface area contributed by atoms with E-state index in [1.54, 1.807) is 0 Å². The van der Waals surface area contributed by atoms with Crippen LogP contribution in [0.3, 0.4) is 0 Å². The predicted molar refractivity (Wildman–Crippen MR) is 115 cm³/mol. The molecule has 2 heterocycles. The number of carbonyl (C=O) groups is 2. The molecule has 3 N–H and O–H groups in total. The summed E-state index contributed by atoms with van der Waals surface area (Å²) in [5.74, 6) is 1.42. The summed E-state index contributed by atoms with van der Waals surface area (Å²) in [7, 11) is 0. The highest BCUT2D eigenvalue weighted by molar-refractivity contribution is 5.91. The highest BCUT2D eigenvalue weighted by Crippen LogP contribution is 2.47. The van der Waals surface area contributed by atoms with Crippen molar-refractivity contribution in [1.82, 2.24) is 5.32 Å². The number of ether oxygens (including phenoxy) is 2. The standard InChI is InChI=1S/C24H32N2O5/c27-13-21-24-19(11-17(30-21)12-23(29)25-15-3-1-2-4-15)18-10-16(7-8-20(18)31-24)26-22(28)9-14-5-6-14/h7-8,10,14-15,17,19,21,24,27H,1-6,9,11-13H2,(H,25,29)(H,26,28)/t17-,19+,21+,24-/m1/s1. The number of nitrogens with one attached hydrogen (secondary N) is 2. The zero-order chi connectivity index (χ0) is 21.4. The third kappa shape index (κ3) is 4.72. The average Bonchev–Trinajstić information content (AvgIpc) is 3.26. The average molecular weight is 429 g/mol. The Morgan fingerprint density at radius 1 is 1.06 bits per heavy atom. The van der Waals surface area contributed by atoms with Gasteiger partial charge in [-0.15, -0.1) is 0 Å². The maximum absolute atomic E-state index is 12.5. The summed E-state index contributed by atoms with van der Waals surface area (Å²) in [5.41, 5.74) is 1.80. The van der Waals surface area contributed by atoms with Crippen molar-refractivity contribution in [3.05, 3.63) is 23.8 Å². The van der Waals surface area contributed by atoms with Gasteiger partial charge in [0.15, 0.2) is 0 Å². The van der Waals surface area contributed by atoms with Crippen LogP contribution in [0, 0.1) is 5.92 Å². The number of rotatable bonds is 7. The van der Waals surface area contributed by atoms with Gasteiger partial charge < -0.3 is 25.2 Å². The van der Waals surface area contributed by atoms with Gasteiger partial charge in [0.2, 0.25) is 11.8 Å². The van der Waals surface area contributed by atoms with Gasteiger partial charge in [-0.05, 0) is 56.2 Å². The molecule has 2 aliphatic carbocycles. The van der Waals surface area contributed by atoms with Crippen LogP contribution >= 0.6 is 0 Å². The van der Waals surface area contributed by atoms with Gasteiger partial charge in [-0.1, -0.05) is 12.8 Å². The Hall–Kier alpha value is -2.12. The van der Waals surface area contributed by atoms with Crippen LogP contribution in [-0.4, -0.2) is 47.9 Å². The molecule has 1 aromatic rings. The van der Waals surface area contributed by atoms with E-state index in [4.69, 9.17) is 9.47 Å². The lowest BCUT2D eigenvalue weighted by molar-refractivity contribution is -0.142. The second kappa shape index (κ2) is 8.79. The molecule has 0 radical (unpaired) electrons. The van der Waals surface area contributed by atoms with E-state index < -0.39 is 6.10 Å². The van der Waals surface area contributed by atoms with Crippen LogP contribution in [-0.2, 0) is 14.3 Å². The second-order valence-corrected chi connectivity index (χ2v) is 9.61. The van der Waals surface area contributed by atoms with Crippen LogP contribution in [0.4, 0.5) is 5.69 Å². The zero-order valence-electron chi connectivity index (χ0n) is 17.8. The maximum atomic E-state index is 12.5. The third-order valence-electron chi connectivity index (χ3n) is 7.09. The molecule has 1 saturated heterocycles. The summed E-state index contributed by atoms with van der Waals surface area (Å²) in [6.07, 6.45) is 7.28. The zero-order valence-corrected chi connectivity index (χ0v) is 17.8. The monoisotopic (exact) mass is 428 g/mol. The fourth-order valence-corrected chi connectivity index (χ4v) is 5.33. The van der Waals surface area contributed by atoms with Gasteiger partial charge in [-0.25, -0.2) is 0 Å². The van der Waals surface area contributed by atoms with Crippen molar-refractivity contribution in [2.75, 3.05) is 11.9 Å². The topological polar surface area (TPSA) is 96.9 Å². The number of anilines is 1. The van der Waals surface area contributed by atoms with Crippen LogP contribution in [0.15, 0.2) is 18.2 Å². The quantitative estimate of drug-likeness (QED) is 0.621. The Morgan fingerprint density at radius 2 is 1.87 bits per heavy atom. The molecule has 5 rings (SSSR count). The van der Waals surface area contributed by atoms with Gasteiger partial charge in [-0.2, -0.15) is 0 Å². The summed E-state index contributed by atoms with van der Waals surface area (Å²) >= 11 is 0. The Labute approximate surface area is 182 Å². The number of fused-ring (bicyclic) bond motifs is 3. The van der Waals surface area contributed by atoms with Gasteiger partial charge in [-0.3, -0.25) is 9.59 Å². The van der Waals surface area contributed by atoms with Crippen molar-refractivity contribution in [2.24, 2.45) is 5.92 Å². The Bertz CT molecular complexity index is 833. The molecule has 0 spiro atoms. The normalized spacial score (nSPS) is 29.7. The number of benzene rings is 1. The fourth-order valence-electron chi connectivity index (χ4n) is 5.33. The molecule has 31 heavy (non-hydrogen) atoms. The molecule has 0 bridgehead atoms. The molecule has 0 unspecified atom stereocenters. The maximum Gasteiger partial charge on any atom is 0.224 e.